The van der Waals surface area contributed by atoms with Crippen molar-refractivity contribution in [3.05, 3.63) is 125 Å². The molecule has 4 aromatic rings. The number of ketones is 1. The highest BCUT2D eigenvalue weighted by Gasteiger charge is 2.31. The first-order chi connectivity index (χ1) is 20.0. The number of ether oxygens (including phenoxy) is 2. The predicted octanol–water partition coefficient (Wildman–Crippen LogP) is 5.33. The second-order valence-corrected chi connectivity index (χ2v) is 9.53. The number of anilines is 1. The average molecular weight is 549 g/mol. The molecule has 0 unspecified atom stereocenters. The molecular formula is C33H28N2O6. The minimum absolute atomic E-state index is 0.0425. The second-order valence-electron chi connectivity index (χ2n) is 9.53. The molecule has 0 saturated carbocycles. The molecule has 8 nitrogen and oxygen atoms in total. The lowest BCUT2D eigenvalue weighted by Crippen LogP contribution is -2.45. The number of benzene rings is 4. The van der Waals surface area contributed by atoms with E-state index in [1.54, 1.807) is 54.6 Å². The third-order valence-electron chi connectivity index (χ3n) is 7.02. The molecule has 2 N–H and O–H groups in total. The van der Waals surface area contributed by atoms with Gasteiger partial charge in [-0.3, -0.25) is 14.4 Å². The lowest BCUT2D eigenvalue weighted by atomic mass is 9.98. The molecule has 1 atom stereocenters. The van der Waals surface area contributed by atoms with E-state index in [2.05, 4.69) is 10.6 Å². The van der Waals surface area contributed by atoms with Gasteiger partial charge in [-0.05, 0) is 34.4 Å². The van der Waals surface area contributed by atoms with Crippen LogP contribution >= 0.6 is 0 Å². The van der Waals surface area contributed by atoms with Crippen LogP contribution < -0.4 is 10.6 Å². The van der Waals surface area contributed by atoms with Gasteiger partial charge in [-0.1, -0.05) is 91.0 Å². The molecule has 0 aromatic heterocycles. The largest absolute Gasteiger partial charge is 0.469 e. The van der Waals surface area contributed by atoms with Crippen LogP contribution in [0.2, 0.25) is 0 Å². The van der Waals surface area contributed by atoms with Crippen LogP contribution in [0.5, 0.6) is 0 Å². The number of hydrogen-bond acceptors (Lipinski definition) is 6. The third kappa shape index (κ3) is 6.01. The Bertz CT molecular complexity index is 1550. The highest BCUT2D eigenvalue weighted by molar-refractivity contribution is 6.14. The third-order valence-corrected chi connectivity index (χ3v) is 7.02. The first-order valence-corrected chi connectivity index (χ1v) is 13.1. The second kappa shape index (κ2) is 12.3. The smallest absolute Gasteiger partial charge is 0.407 e. The van der Waals surface area contributed by atoms with Crippen molar-refractivity contribution < 1.29 is 28.7 Å². The van der Waals surface area contributed by atoms with Gasteiger partial charge in [0.2, 0.25) is 5.91 Å². The summed E-state index contributed by atoms with van der Waals surface area (Å²) in [5, 5.41) is 5.18. The number of alkyl carbamates (subject to hydrolysis) is 1. The molecule has 0 fully saturated rings. The van der Waals surface area contributed by atoms with Gasteiger partial charge < -0.3 is 20.1 Å². The van der Waals surface area contributed by atoms with Gasteiger partial charge in [-0.2, -0.15) is 0 Å². The van der Waals surface area contributed by atoms with E-state index in [9.17, 15) is 19.2 Å². The molecule has 2 amide bonds. The molecule has 5 rings (SSSR count). The van der Waals surface area contributed by atoms with Crippen LogP contribution in [0.3, 0.4) is 0 Å². The molecule has 8 heteroatoms. The fraction of sp³-hybridized carbons (Fsp3) is 0.152. The van der Waals surface area contributed by atoms with Crippen molar-refractivity contribution in [1.82, 2.24) is 5.32 Å². The van der Waals surface area contributed by atoms with Gasteiger partial charge in [-0.25, -0.2) is 4.79 Å². The van der Waals surface area contributed by atoms with E-state index < -0.39 is 30.4 Å². The van der Waals surface area contributed by atoms with Gasteiger partial charge in [0.15, 0.2) is 5.78 Å². The topological polar surface area (TPSA) is 111 Å². The van der Waals surface area contributed by atoms with Crippen LogP contribution in [0.25, 0.3) is 11.1 Å². The summed E-state index contributed by atoms with van der Waals surface area (Å²) in [6.07, 6.45) is -1.29. The summed E-state index contributed by atoms with van der Waals surface area (Å²) in [5.41, 5.74) is 5.24. The van der Waals surface area contributed by atoms with Gasteiger partial charge in [0.05, 0.1) is 19.2 Å². The molecule has 0 spiro atoms. The number of carbonyl (C=O) groups excluding carboxylic acids is 4. The molecule has 0 bridgehead atoms. The summed E-state index contributed by atoms with van der Waals surface area (Å²) in [6, 6.07) is 29.8. The zero-order chi connectivity index (χ0) is 28.8. The summed E-state index contributed by atoms with van der Waals surface area (Å²) in [5.74, 6) is -1.85. The van der Waals surface area contributed by atoms with Crippen LogP contribution in [-0.2, 0) is 19.1 Å². The monoisotopic (exact) mass is 548 g/mol. The van der Waals surface area contributed by atoms with E-state index in [1.165, 1.54) is 7.11 Å². The Labute approximate surface area is 237 Å². The van der Waals surface area contributed by atoms with Crippen molar-refractivity contribution in [2.45, 2.75) is 18.4 Å². The average Bonchev–Trinajstić information content (AvgIpc) is 3.33. The minimum Gasteiger partial charge on any atom is -0.469 e. The number of methoxy groups -OCH3 is 1. The SMILES string of the molecule is COC(=O)C[C@H](NC(=O)OCC1c2ccccc2-c2ccccc21)C(=O)Nc1ccccc1C(=O)c1ccccc1. The Morgan fingerprint density at radius 2 is 1.34 bits per heavy atom. The molecule has 0 heterocycles. The fourth-order valence-electron chi connectivity index (χ4n) is 5.00. The van der Waals surface area contributed by atoms with E-state index in [0.717, 1.165) is 22.3 Å². The number of hydrogen-bond donors (Lipinski definition) is 2. The number of carbonyl (C=O) groups is 4. The normalized spacial score (nSPS) is 12.4. The van der Waals surface area contributed by atoms with Crippen molar-refractivity contribution >= 4 is 29.4 Å². The molecular weight excluding hydrogens is 520 g/mol. The summed E-state index contributed by atoms with van der Waals surface area (Å²) in [4.78, 5) is 51.4. The van der Waals surface area contributed by atoms with Gasteiger partial charge in [0.25, 0.3) is 0 Å². The Kier molecular flexibility index (Phi) is 8.20. The van der Waals surface area contributed by atoms with Gasteiger partial charge >= 0.3 is 12.1 Å². The predicted molar refractivity (Wildman–Crippen MR) is 154 cm³/mol. The van der Waals surface area contributed by atoms with Crippen molar-refractivity contribution in [3.8, 4) is 11.1 Å². The van der Waals surface area contributed by atoms with Crippen molar-refractivity contribution in [2.75, 3.05) is 19.0 Å². The highest BCUT2D eigenvalue weighted by Crippen LogP contribution is 2.44. The lowest BCUT2D eigenvalue weighted by molar-refractivity contribution is -0.142. The maximum absolute atomic E-state index is 13.3. The van der Waals surface area contributed by atoms with Crippen LogP contribution in [0.1, 0.15) is 39.4 Å². The quantitative estimate of drug-likeness (QED) is 0.216. The molecule has 41 heavy (non-hydrogen) atoms. The standard InChI is InChI=1S/C33H28N2O6/c1-40-30(36)19-29(32(38)34-28-18-10-9-17-26(28)31(37)21-11-3-2-4-12-21)35-33(39)41-20-27-24-15-7-5-13-22(24)23-14-6-8-16-25(23)27/h2-18,27,29H,19-20H2,1H3,(H,34,38)(H,35,39)/t29-/m0/s1. The summed E-state index contributed by atoms with van der Waals surface area (Å²) >= 11 is 0. The molecule has 0 radical (unpaired) electrons. The highest BCUT2D eigenvalue weighted by atomic mass is 16.5. The van der Waals surface area contributed by atoms with Crippen LogP contribution in [0.4, 0.5) is 10.5 Å². The first kappa shape index (κ1) is 27.3. The maximum Gasteiger partial charge on any atom is 0.407 e. The molecule has 0 aliphatic heterocycles. The van der Waals surface area contributed by atoms with E-state index in [4.69, 9.17) is 9.47 Å². The van der Waals surface area contributed by atoms with Crippen LogP contribution in [-0.4, -0.2) is 43.5 Å². The summed E-state index contributed by atoms with van der Waals surface area (Å²) in [6.45, 7) is 0.0425. The molecule has 4 aromatic carbocycles. The first-order valence-electron chi connectivity index (χ1n) is 13.1. The molecule has 206 valence electrons. The van der Waals surface area contributed by atoms with E-state index >= 15 is 0 Å². The van der Waals surface area contributed by atoms with Gasteiger partial charge in [0.1, 0.15) is 12.6 Å². The zero-order valence-corrected chi connectivity index (χ0v) is 22.3. The van der Waals surface area contributed by atoms with E-state index in [-0.39, 0.29) is 29.6 Å². The number of fused-ring (bicyclic) bond motifs is 3. The van der Waals surface area contributed by atoms with Crippen molar-refractivity contribution in [3.63, 3.8) is 0 Å². The van der Waals surface area contributed by atoms with Gasteiger partial charge in [0, 0.05) is 17.0 Å². The van der Waals surface area contributed by atoms with Gasteiger partial charge in [-0.15, -0.1) is 0 Å². The maximum atomic E-state index is 13.3. The zero-order valence-electron chi connectivity index (χ0n) is 22.3. The van der Waals surface area contributed by atoms with Crippen LogP contribution in [0, 0.1) is 0 Å². The summed E-state index contributed by atoms with van der Waals surface area (Å²) < 4.78 is 10.3. The summed E-state index contributed by atoms with van der Waals surface area (Å²) in [7, 11) is 1.19. The molecule has 1 aliphatic rings. The van der Waals surface area contributed by atoms with E-state index in [1.807, 2.05) is 48.5 Å². The Hall–Kier alpha value is -5.24. The van der Waals surface area contributed by atoms with Crippen molar-refractivity contribution in [1.29, 1.82) is 0 Å². The Morgan fingerprint density at radius 1 is 0.756 bits per heavy atom. The lowest BCUT2D eigenvalue weighted by Gasteiger charge is -2.20. The molecule has 1 aliphatic carbocycles. The minimum atomic E-state index is -1.31. The van der Waals surface area contributed by atoms with Crippen LogP contribution in [0.15, 0.2) is 103 Å². The number of para-hydroxylation sites is 1. The number of amides is 2. The Morgan fingerprint density at radius 3 is 2.00 bits per heavy atom. The Balaban J connectivity index is 1.29. The number of rotatable bonds is 9. The fourth-order valence-corrected chi connectivity index (χ4v) is 5.00. The van der Waals surface area contributed by atoms with E-state index in [0.29, 0.717) is 5.56 Å². The molecule has 0 saturated heterocycles. The van der Waals surface area contributed by atoms with Crippen molar-refractivity contribution in [2.24, 2.45) is 0 Å². The number of nitrogens with one attached hydrogen (secondary N) is 2. The number of esters is 1.